The molecule has 2 fully saturated rings. The zero-order valence-corrected chi connectivity index (χ0v) is 27.6. The highest BCUT2D eigenvalue weighted by molar-refractivity contribution is 5.96. The molecule has 0 spiro atoms. The monoisotopic (exact) mass is 671 g/mol. The molecule has 1 saturated heterocycles. The summed E-state index contributed by atoms with van der Waals surface area (Å²) in [7, 11) is 0. The Balaban J connectivity index is 1.47. The lowest BCUT2D eigenvalue weighted by Crippen LogP contribution is -2.89. The van der Waals surface area contributed by atoms with Gasteiger partial charge in [-0.15, -0.1) is 24.7 Å². The van der Waals surface area contributed by atoms with Crippen LogP contribution in [-0.2, 0) is 32.3 Å². The topological polar surface area (TPSA) is 134 Å². The number of nitrogens with two attached hydrogens (primary N) is 1. The zero-order chi connectivity index (χ0) is 34.9. The minimum atomic E-state index is -0.979. The maximum atomic E-state index is 15.5. The van der Waals surface area contributed by atoms with Gasteiger partial charge in [-0.25, -0.2) is 9.18 Å². The van der Waals surface area contributed by atoms with Crippen molar-refractivity contribution in [3.05, 3.63) is 63.0 Å². The molecule has 0 unspecified atom stereocenters. The third-order valence-electron chi connectivity index (χ3n) is 8.58. The number of halogens is 1. The van der Waals surface area contributed by atoms with Gasteiger partial charge in [0, 0.05) is 60.6 Å². The molecule has 1 aromatic carbocycles. The second-order valence-electron chi connectivity index (χ2n) is 12.2. The SMILES string of the molecule is C#CCCCC(=O)OCc1cnc(C)c(OC(=O)c2cn(C3CC3)c3cc(N4CC[NH2+]CC4)c(F)cc3c2=O)c1COC(=O)CCCC#C. The van der Waals surface area contributed by atoms with E-state index in [-0.39, 0.29) is 60.1 Å². The van der Waals surface area contributed by atoms with Crippen molar-refractivity contribution >= 4 is 34.5 Å². The second kappa shape index (κ2) is 16.3. The van der Waals surface area contributed by atoms with Crippen molar-refractivity contribution in [1.82, 2.24) is 9.55 Å². The average molecular weight is 672 g/mol. The molecule has 256 valence electrons. The van der Waals surface area contributed by atoms with Crippen LogP contribution in [0.3, 0.4) is 0 Å². The number of aryl methyl sites for hydroxylation is 1. The van der Waals surface area contributed by atoms with Crippen LogP contribution in [-0.4, -0.2) is 53.6 Å². The summed E-state index contributed by atoms with van der Waals surface area (Å²) in [6.07, 6.45) is 17.1. The summed E-state index contributed by atoms with van der Waals surface area (Å²) >= 11 is 0. The standard InChI is InChI=1S/C37H39FN4O7/c1-4-6-8-10-33(43)47-22-25-20-40-24(3)36(29(25)23-48-34(44)11-9-7-5-2)49-37(46)28-21-42(26-12-13-26)31-19-32(41-16-14-39-15-17-41)30(38)18-27(31)35(28)45/h1-2,18-21,26,39H,6-17,22-23H2,3H3/p+1. The lowest BCUT2D eigenvalue weighted by molar-refractivity contribution is -0.655. The van der Waals surface area contributed by atoms with Crippen LogP contribution in [0.4, 0.5) is 10.1 Å². The Labute approximate surface area is 284 Å². The number of pyridine rings is 2. The molecule has 0 amide bonds. The van der Waals surface area contributed by atoms with Crippen LogP contribution in [0.5, 0.6) is 5.75 Å². The molecule has 2 N–H and O–H groups in total. The number of nitrogens with zero attached hydrogens (tertiary/aromatic N) is 3. The number of benzene rings is 1. The summed E-state index contributed by atoms with van der Waals surface area (Å²) in [5.41, 5.74) is 0.900. The number of aromatic nitrogens is 2. The van der Waals surface area contributed by atoms with Gasteiger partial charge in [-0.2, -0.15) is 0 Å². The molecule has 11 nitrogen and oxygen atoms in total. The number of rotatable bonds is 14. The molecule has 0 bridgehead atoms. The largest absolute Gasteiger partial charge is 0.461 e. The fraction of sp³-hybridized carbons (Fsp3) is 0.432. The smallest absolute Gasteiger partial charge is 0.349 e. The molecule has 49 heavy (non-hydrogen) atoms. The lowest BCUT2D eigenvalue weighted by atomic mass is 10.1. The first-order valence-electron chi connectivity index (χ1n) is 16.5. The van der Waals surface area contributed by atoms with Crippen LogP contribution >= 0.6 is 0 Å². The number of piperazine rings is 1. The molecule has 0 radical (unpaired) electrons. The van der Waals surface area contributed by atoms with Gasteiger partial charge in [0.25, 0.3) is 0 Å². The molecule has 12 heteroatoms. The molecule has 2 aliphatic rings. The van der Waals surface area contributed by atoms with Crippen molar-refractivity contribution < 1.29 is 38.3 Å². The normalized spacial score (nSPS) is 14.2. The van der Waals surface area contributed by atoms with Gasteiger partial charge >= 0.3 is 17.9 Å². The highest BCUT2D eigenvalue weighted by atomic mass is 19.1. The van der Waals surface area contributed by atoms with Crippen LogP contribution in [0, 0.1) is 37.4 Å². The minimum absolute atomic E-state index is 0.0387. The number of hydrogen-bond donors (Lipinski definition) is 1. The van der Waals surface area contributed by atoms with Gasteiger partial charge in [0.15, 0.2) is 5.75 Å². The van der Waals surface area contributed by atoms with Crippen molar-refractivity contribution in [2.24, 2.45) is 0 Å². The molecule has 1 aliphatic carbocycles. The second-order valence-corrected chi connectivity index (χ2v) is 12.2. The number of anilines is 1. The van der Waals surface area contributed by atoms with E-state index in [1.54, 1.807) is 13.0 Å². The predicted octanol–water partition coefficient (Wildman–Crippen LogP) is 3.47. The van der Waals surface area contributed by atoms with Crippen LogP contribution in [0.2, 0.25) is 0 Å². The number of hydrogen-bond acceptors (Lipinski definition) is 9. The Morgan fingerprint density at radius 2 is 1.67 bits per heavy atom. The molecular formula is C37H40FN4O7+. The van der Waals surface area contributed by atoms with E-state index in [9.17, 15) is 19.2 Å². The first-order valence-corrected chi connectivity index (χ1v) is 16.5. The van der Waals surface area contributed by atoms with Gasteiger partial charge in [0.05, 0.1) is 43.1 Å². The van der Waals surface area contributed by atoms with Crippen molar-refractivity contribution in [2.45, 2.75) is 77.5 Å². The van der Waals surface area contributed by atoms with Gasteiger partial charge in [0.1, 0.15) is 24.6 Å². The van der Waals surface area contributed by atoms with Crippen LogP contribution in [0.1, 0.15) is 84.6 Å². The third-order valence-corrected chi connectivity index (χ3v) is 8.58. The maximum Gasteiger partial charge on any atom is 0.349 e. The highest BCUT2D eigenvalue weighted by Gasteiger charge is 2.30. The summed E-state index contributed by atoms with van der Waals surface area (Å²) in [5.74, 6) is 2.38. The van der Waals surface area contributed by atoms with Crippen LogP contribution in [0.15, 0.2) is 29.3 Å². The average Bonchev–Trinajstić information content (AvgIpc) is 3.94. The quantitative estimate of drug-likeness (QED) is 0.155. The number of terminal acetylenes is 2. The number of quaternary nitrogens is 1. The van der Waals surface area contributed by atoms with E-state index in [0.29, 0.717) is 55.5 Å². The summed E-state index contributed by atoms with van der Waals surface area (Å²) in [4.78, 5) is 58.7. The predicted molar refractivity (Wildman–Crippen MR) is 179 cm³/mol. The third kappa shape index (κ3) is 8.64. The maximum absolute atomic E-state index is 15.5. The summed E-state index contributed by atoms with van der Waals surface area (Å²) in [6.45, 7) is 4.08. The Morgan fingerprint density at radius 3 is 2.31 bits per heavy atom. The first-order chi connectivity index (χ1) is 23.7. The Morgan fingerprint density at radius 1 is 1.02 bits per heavy atom. The Kier molecular flexibility index (Phi) is 11.7. The fourth-order valence-electron chi connectivity index (χ4n) is 5.76. The molecule has 2 aromatic heterocycles. The number of unbranched alkanes of at least 4 members (excludes halogenated alkanes) is 2. The summed E-state index contributed by atoms with van der Waals surface area (Å²) in [5, 5.41) is 2.25. The highest BCUT2D eigenvalue weighted by Crippen LogP contribution is 2.38. The van der Waals surface area contributed by atoms with E-state index in [1.165, 1.54) is 18.5 Å². The van der Waals surface area contributed by atoms with Gasteiger partial charge in [0.2, 0.25) is 5.43 Å². The Hall–Kier alpha value is -5.20. The van der Waals surface area contributed by atoms with Crippen molar-refractivity contribution in [3.63, 3.8) is 0 Å². The molecule has 1 saturated carbocycles. The van der Waals surface area contributed by atoms with E-state index < -0.39 is 29.2 Å². The lowest BCUT2D eigenvalue weighted by Gasteiger charge is -2.28. The minimum Gasteiger partial charge on any atom is -0.461 e. The fourth-order valence-corrected chi connectivity index (χ4v) is 5.76. The number of fused-ring (bicyclic) bond motifs is 1. The van der Waals surface area contributed by atoms with E-state index in [0.717, 1.165) is 25.9 Å². The molecular weight excluding hydrogens is 631 g/mol. The Bertz CT molecular complexity index is 1880. The molecule has 5 rings (SSSR count). The van der Waals surface area contributed by atoms with Gasteiger partial charge in [-0.1, -0.05) is 0 Å². The number of carbonyl (C=O) groups is 3. The number of esters is 3. The first kappa shape index (κ1) is 35.1. The zero-order valence-electron chi connectivity index (χ0n) is 27.6. The van der Waals surface area contributed by atoms with Crippen LogP contribution < -0.4 is 20.4 Å². The van der Waals surface area contributed by atoms with Crippen molar-refractivity contribution in [2.75, 3.05) is 31.1 Å². The molecule has 0 atom stereocenters. The summed E-state index contributed by atoms with van der Waals surface area (Å²) < 4.78 is 34.1. The number of carbonyl (C=O) groups excluding carboxylic acids is 3. The molecule has 1 aliphatic heterocycles. The van der Waals surface area contributed by atoms with Crippen molar-refractivity contribution in [3.8, 4) is 30.4 Å². The van der Waals surface area contributed by atoms with Crippen molar-refractivity contribution in [1.29, 1.82) is 0 Å². The number of ether oxygens (including phenoxy) is 3. The van der Waals surface area contributed by atoms with Crippen LogP contribution in [0.25, 0.3) is 10.9 Å². The summed E-state index contributed by atoms with van der Waals surface area (Å²) in [6, 6.07) is 2.96. The molecule has 3 heterocycles. The molecule has 3 aromatic rings. The van der Waals surface area contributed by atoms with Gasteiger partial charge < -0.3 is 29.0 Å². The van der Waals surface area contributed by atoms with Gasteiger partial charge in [-0.05, 0) is 44.7 Å². The van der Waals surface area contributed by atoms with Gasteiger partial charge in [-0.3, -0.25) is 19.4 Å². The van der Waals surface area contributed by atoms with E-state index in [2.05, 4.69) is 22.1 Å². The van der Waals surface area contributed by atoms with E-state index in [1.807, 2.05) is 9.47 Å². The van der Waals surface area contributed by atoms with E-state index >= 15 is 4.39 Å². The van der Waals surface area contributed by atoms with E-state index in [4.69, 9.17) is 27.1 Å².